The summed E-state index contributed by atoms with van der Waals surface area (Å²) in [6, 6.07) is 12.9. The Morgan fingerprint density at radius 3 is 2.41 bits per heavy atom. The first-order chi connectivity index (χ1) is 16.0. The molecule has 0 aliphatic carbocycles. The SMILES string of the molecule is O=C(Cc1ccc(F)c(Cl)c1)NN=Cc1cc(C(F)(F)F)ccc1S(=O)(=O)Oc1ccccc1. The van der Waals surface area contributed by atoms with Gasteiger partial charge in [-0.15, -0.1) is 0 Å². The van der Waals surface area contributed by atoms with E-state index in [2.05, 4.69) is 10.5 Å². The highest BCUT2D eigenvalue weighted by atomic mass is 35.5. The van der Waals surface area contributed by atoms with Gasteiger partial charge >= 0.3 is 16.3 Å². The second-order valence-electron chi connectivity index (χ2n) is 6.82. The van der Waals surface area contributed by atoms with Crippen LogP contribution in [0.15, 0.2) is 76.7 Å². The lowest BCUT2D eigenvalue weighted by Crippen LogP contribution is -2.20. The molecule has 0 bridgehead atoms. The normalized spacial score (nSPS) is 12.0. The number of carbonyl (C=O) groups is 1. The zero-order valence-electron chi connectivity index (χ0n) is 17.0. The van der Waals surface area contributed by atoms with Crippen LogP contribution in [0.2, 0.25) is 5.02 Å². The molecule has 0 radical (unpaired) electrons. The van der Waals surface area contributed by atoms with Gasteiger partial charge in [0, 0.05) is 5.56 Å². The van der Waals surface area contributed by atoms with E-state index in [9.17, 15) is 30.8 Å². The van der Waals surface area contributed by atoms with Crippen molar-refractivity contribution >= 4 is 33.8 Å². The van der Waals surface area contributed by atoms with Crippen LogP contribution in [0.3, 0.4) is 0 Å². The Hall–Kier alpha value is -3.44. The van der Waals surface area contributed by atoms with Gasteiger partial charge in [0.15, 0.2) is 0 Å². The number of benzene rings is 3. The van der Waals surface area contributed by atoms with E-state index in [1.165, 1.54) is 36.4 Å². The summed E-state index contributed by atoms with van der Waals surface area (Å²) >= 11 is 5.65. The maximum atomic E-state index is 13.2. The Labute approximate surface area is 196 Å². The van der Waals surface area contributed by atoms with Crippen LogP contribution in [0.4, 0.5) is 17.6 Å². The molecule has 3 aromatic carbocycles. The van der Waals surface area contributed by atoms with Crippen LogP contribution in [0.25, 0.3) is 0 Å². The predicted molar refractivity (Wildman–Crippen MR) is 117 cm³/mol. The Balaban J connectivity index is 1.85. The van der Waals surface area contributed by atoms with Gasteiger partial charge in [0.05, 0.1) is 23.2 Å². The molecule has 1 amide bonds. The van der Waals surface area contributed by atoms with Gasteiger partial charge in [0.25, 0.3) is 0 Å². The number of nitrogens with zero attached hydrogens (tertiary/aromatic N) is 1. The summed E-state index contributed by atoms with van der Waals surface area (Å²) in [5, 5.41) is 3.37. The summed E-state index contributed by atoms with van der Waals surface area (Å²) in [4.78, 5) is 11.5. The third-order valence-electron chi connectivity index (χ3n) is 4.30. The van der Waals surface area contributed by atoms with Gasteiger partial charge in [-0.25, -0.2) is 9.82 Å². The Morgan fingerprint density at radius 1 is 1.06 bits per heavy atom. The number of hydrogen-bond donors (Lipinski definition) is 1. The second kappa shape index (κ2) is 10.2. The number of hydrogen-bond acceptors (Lipinski definition) is 5. The molecule has 0 heterocycles. The van der Waals surface area contributed by atoms with E-state index >= 15 is 0 Å². The maximum absolute atomic E-state index is 13.2. The fraction of sp³-hybridized carbons (Fsp3) is 0.0909. The molecule has 6 nitrogen and oxygen atoms in total. The number of nitrogens with one attached hydrogen (secondary N) is 1. The van der Waals surface area contributed by atoms with Crippen molar-refractivity contribution in [1.29, 1.82) is 0 Å². The molecule has 0 aromatic heterocycles. The van der Waals surface area contributed by atoms with Crippen molar-refractivity contribution in [3.05, 3.63) is 94.3 Å². The number of hydrazone groups is 1. The zero-order valence-corrected chi connectivity index (χ0v) is 18.6. The molecule has 178 valence electrons. The van der Waals surface area contributed by atoms with Crippen molar-refractivity contribution in [2.24, 2.45) is 5.10 Å². The van der Waals surface area contributed by atoms with Crippen LogP contribution in [0, 0.1) is 5.82 Å². The monoisotopic (exact) mass is 514 g/mol. The molecule has 0 fully saturated rings. The first kappa shape index (κ1) is 25.2. The molecule has 0 atom stereocenters. The number of amides is 1. The molecule has 1 N–H and O–H groups in total. The molecular formula is C22H15ClF4N2O4S. The highest BCUT2D eigenvalue weighted by molar-refractivity contribution is 7.87. The van der Waals surface area contributed by atoms with Gasteiger partial charge in [-0.2, -0.15) is 26.7 Å². The van der Waals surface area contributed by atoms with E-state index in [4.69, 9.17) is 15.8 Å². The lowest BCUT2D eigenvalue weighted by molar-refractivity contribution is -0.137. The summed E-state index contributed by atoms with van der Waals surface area (Å²) in [5.74, 6) is -1.41. The minimum absolute atomic E-state index is 0.0449. The molecular weight excluding hydrogens is 500 g/mol. The van der Waals surface area contributed by atoms with Gasteiger partial charge in [0.1, 0.15) is 16.5 Å². The van der Waals surface area contributed by atoms with Crippen molar-refractivity contribution in [2.75, 3.05) is 0 Å². The molecule has 0 unspecified atom stereocenters. The average Bonchev–Trinajstić information content (AvgIpc) is 2.76. The number of alkyl halides is 3. The minimum Gasteiger partial charge on any atom is -0.379 e. The first-order valence-corrected chi connectivity index (χ1v) is 11.2. The van der Waals surface area contributed by atoms with Crippen LogP contribution in [0.1, 0.15) is 16.7 Å². The molecule has 0 aliphatic heterocycles. The summed E-state index contributed by atoms with van der Waals surface area (Å²) in [6.07, 6.45) is -4.26. The predicted octanol–water partition coefficient (Wildman–Crippen LogP) is 4.96. The van der Waals surface area contributed by atoms with Gasteiger partial charge in [-0.05, 0) is 48.0 Å². The Morgan fingerprint density at radius 2 is 1.76 bits per heavy atom. The fourth-order valence-corrected chi connectivity index (χ4v) is 4.04. The highest BCUT2D eigenvalue weighted by Gasteiger charge is 2.32. The maximum Gasteiger partial charge on any atom is 0.416 e. The quantitative estimate of drug-likeness (QED) is 0.209. The van der Waals surface area contributed by atoms with E-state index < -0.39 is 44.0 Å². The molecule has 12 heteroatoms. The molecule has 0 spiro atoms. The number of halogens is 5. The highest BCUT2D eigenvalue weighted by Crippen LogP contribution is 2.32. The van der Waals surface area contributed by atoms with E-state index in [0.29, 0.717) is 17.7 Å². The van der Waals surface area contributed by atoms with Crippen LogP contribution >= 0.6 is 11.6 Å². The summed E-state index contributed by atoms with van der Waals surface area (Å²) < 4.78 is 83.1. The average molecular weight is 515 g/mol. The van der Waals surface area contributed by atoms with Crippen molar-refractivity contribution in [1.82, 2.24) is 5.43 Å². The lowest BCUT2D eigenvalue weighted by atomic mass is 10.1. The van der Waals surface area contributed by atoms with Crippen LogP contribution in [-0.2, 0) is 27.5 Å². The van der Waals surface area contributed by atoms with Gasteiger partial charge in [-0.1, -0.05) is 35.9 Å². The molecule has 3 aromatic rings. The molecule has 0 aliphatic rings. The summed E-state index contributed by atoms with van der Waals surface area (Å²) in [5.41, 5.74) is 0.849. The van der Waals surface area contributed by atoms with Gasteiger partial charge in [0.2, 0.25) is 5.91 Å². The second-order valence-corrected chi connectivity index (χ2v) is 8.74. The van der Waals surface area contributed by atoms with Gasteiger partial charge < -0.3 is 4.18 Å². The van der Waals surface area contributed by atoms with Crippen LogP contribution < -0.4 is 9.61 Å². The van der Waals surface area contributed by atoms with Crippen molar-refractivity contribution < 1.29 is 35.0 Å². The van der Waals surface area contributed by atoms with Crippen LogP contribution in [-0.4, -0.2) is 20.5 Å². The molecule has 34 heavy (non-hydrogen) atoms. The minimum atomic E-state index is -4.75. The van der Waals surface area contributed by atoms with E-state index in [1.54, 1.807) is 6.07 Å². The number of carbonyl (C=O) groups excluding carboxylic acids is 1. The summed E-state index contributed by atoms with van der Waals surface area (Å²) in [6.45, 7) is 0. The third kappa shape index (κ3) is 6.55. The van der Waals surface area contributed by atoms with Crippen molar-refractivity contribution in [2.45, 2.75) is 17.5 Å². The fourth-order valence-electron chi connectivity index (χ4n) is 2.75. The molecule has 3 rings (SSSR count). The topological polar surface area (TPSA) is 84.8 Å². The van der Waals surface area contributed by atoms with E-state index in [-0.39, 0.29) is 17.2 Å². The smallest absolute Gasteiger partial charge is 0.379 e. The first-order valence-electron chi connectivity index (χ1n) is 9.42. The largest absolute Gasteiger partial charge is 0.416 e. The number of rotatable bonds is 7. The summed E-state index contributed by atoms with van der Waals surface area (Å²) in [7, 11) is -4.54. The Bertz CT molecular complexity index is 1330. The van der Waals surface area contributed by atoms with Crippen molar-refractivity contribution in [3.63, 3.8) is 0 Å². The Kier molecular flexibility index (Phi) is 7.57. The van der Waals surface area contributed by atoms with E-state index in [0.717, 1.165) is 18.3 Å². The lowest BCUT2D eigenvalue weighted by Gasteiger charge is -2.12. The number of para-hydroxylation sites is 1. The zero-order chi connectivity index (χ0) is 24.9. The molecule has 0 saturated carbocycles. The van der Waals surface area contributed by atoms with Gasteiger partial charge in [-0.3, -0.25) is 4.79 Å². The molecule has 0 saturated heterocycles. The van der Waals surface area contributed by atoms with Crippen LogP contribution in [0.5, 0.6) is 5.75 Å². The van der Waals surface area contributed by atoms with Crippen molar-refractivity contribution in [3.8, 4) is 5.75 Å². The van der Waals surface area contributed by atoms with E-state index in [1.807, 2.05) is 0 Å². The third-order valence-corrected chi connectivity index (χ3v) is 5.91. The standard InChI is InChI=1S/C22H15ClF4N2O4S/c23-18-10-14(6-8-19(18)24)11-21(30)29-28-13-15-12-16(22(25,26)27)7-9-20(15)34(31,32)33-17-4-2-1-3-5-17/h1-10,12-13H,11H2,(H,29,30).